The van der Waals surface area contributed by atoms with Crippen molar-refractivity contribution in [3.05, 3.63) is 75.6 Å². The van der Waals surface area contributed by atoms with E-state index < -0.39 is 0 Å². The van der Waals surface area contributed by atoms with Crippen LogP contribution in [0.1, 0.15) is 21.5 Å². The number of carbonyl (C=O) groups excluding carboxylic acids is 1. The van der Waals surface area contributed by atoms with Gasteiger partial charge in [-0.25, -0.2) is 5.43 Å². The van der Waals surface area contributed by atoms with Crippen LogP contribution in [0.25, 0.3) is 10.9 Å². The van der Waals surface area contributed by atoms with Crippen LogP contribution in [0.4, 0.5) is 0 Å². The number of rotatable bonds is 4. The molecule has 25 heavy (non-hydrogen) atoms. The fourth-order valence-corrected chi connectivity index (χ4v) is 2.46. The lowest BCUT2D eigenvalue weighted by Crippen LogP contribution is -2.19. The van der Waals surface area contributed by atoms with Crippen molar-refractivity contribution >= 4 is 23.0 Å². The Kier molecular flexibility index (Phi) is 4.61. The summed E-state index contributed by atoms with van der Waals surface area (Å²) in [4.78, 5) is 27.0. The third-order valence-electron chi connectivity index (χ3n) is 3.84. The Morgan fingerprint density at radius 2 is 1.96 bits per heavy atom. The van der Waals surface area contributed by atoms with Crippen LogP contribution in [0.2, 0.25) is 0 Å². The molecule has 0 saturated heterocycles. The average Bonchev–Trinajstić information content (AvgIpc) is 2.63. The second-order valence-corrected chi connectivity index (χ2v) is 5.52. The van der Waals surface area contributed by atoms with E-state index in [1.54, 1.807) is 37.4 Å². The fourth-order valence-electron chi connectivity index (χ4n) is 2.46. The molecule has 0 aliphatic heterocycles. The lowest BCUT2D eigenvalue weighted by Gasteiger charge is -2.03. The molecule has 0 aliphatic carbocycles. The molecule has 1 amide bonds. The van der Waals surface area contributed by atoms with Crippen LogP contribution in [0.5, 0.6) is 5.75 Å². The summed E-state index contributed by atoms with van der Waals surface area (Å²) in [5.41, 5.74) is 4.75. The largest absolute Gasteiger partial charge is 0.497 e. The van der Waals surface area contributed by atoms with Gasteiger partial charge in [-0.2, -0.15) is 5.10 Å². The number of hydrogen-bond acceptors (Lipinski definition) is 4. The number of hydrazone groups is 1. The summed E-state index contributed by atoms with van der Waals surface area (Å²) in [7, 11) is 1.56. The minimum Gasteiger partial charge on any atom is -0.497 e. The number of pyridine rings is 1. The molecule has 0 atom stereocenters. The number of nitrogens with one attached hydrogen (secondary N) is 2. The molecular weight excluding hydrogens is 318 g/mol. The maximum absolute atomic E-state index is 12.1. The molecule has 3 rings (SSSR count). The number of amides is 1. The Bertz CT molecular complexity index is 1000. The van der Waals surface area contributed by atoms with Gasteiger partial charge in [0, 0.05) is 5.56 Å². The highest BCUT2D eigenvalue weighted by molar-refractivity contribution is 5.95. The number of fused-ring (bicyclic) bond motifs is 1. The molecule has 3 aromatic rings. The predicted octanol–water partition coefficient (Wildman–Crippen LogP) is 2.61. The maximum atomic E-state index is 12.1. The molecule has 126 valence electrons. The Labute approximate surface area is 144 Å². The summed E-state index contributed by atoms with van der Waals surface area (Å²) in [6, 6.07) is 14.1. The second kappa shape index (κ2) is 7.00. The lowest BCUT2D eigenvalue weighted by molar-refractivity contribution is 0.0955. The number of H-pyrrole nitrogens is 1. The topological polar surface area (TPSA) is 83.5 Å². The zero-order valence-corrected chi connectivity index (χ0v) is 13.9. The van der Waals surface area contributed by atoms with Gasteiger partial charge in [0.15, 0.2) is 0 Å². The average molecular weight is 335 g/mol. The quantitative estimate of drug-likeness (QED) is 0.568. The zero-order chi connectivity index (χ0) is 17.8. The minimum atomic E-state index is -0.369. The normalized spacial score (nSPS) is 11.0. The molecule has 0 radical (unpaired) electrons. The summed E-state index contributed by atoms with van der Waals surface area (Å²) < 4.78 is 5.05. The van der Waals surface area contributed by atoms with Gasteiger partial charge in [0.25, 0.3) is 11.5 Å². The van der Waals surface area contributed by atoms with Gasteiger partial charge in [0.2, 0.25) is 0 Å². The number of methoxy groups -OCH3 is 1. The number of hydrogen-bond donors (Lipinski definition) is 2. The first-order valence-electron chi connectivity index (χ1n) is 7.68. The van der Waals surface area contributed by atoms with E-state index in [0.717, 1.165) is 16.5 Å². The first kappa shape index (κ1) is 16.4. The zero-order valence-electron chi connectivity index (χ0n) is 13.9. The fraction of sp³-hybridized carbons (Fsp3) is 0.105. The summed E-state index contributed by atoms with van der Waals surface area (Å²) in [5, 5.41) is 4.78. The van der Waals surface area contributed by atoms with Crippen LogP contribution in [-0.4, -0.2) is 24.2 Å². The summed E-state index contributed by atoms with van der Waals surface area (Å²) in [5.74, 6) is 0.296. The second-order valence-electron chi connectivity index (χ2n) is 5.52. The highest BCUT2D eigenvalue weighted by atomic mass is 16.5. The summed E-state index contributed by atoms with van der Waals surface area (Å²) >= 11 is 0. The standard InChI is InChI=1S/C19H17N3O3/c1-12-4-3-5-14-10-15(18(23)21-17(12)14)11-20-22-19(24)13-6-8-16(25-2)9-7-13/h3-11H,1-2H3,(H,21,23)(H,22,24). The number of ether oxygens (including phenoxy) is 1. The minimum absolute atomic E-state index is 0.260. The van der Waals surface area contributed by atoms with Crippen molar-refractivity contribution in [3.63, 3.8) is 0 Å². The van der Waals surface area contributed by atoms with E-state index >= 15 is 0 Å². The first-order chi connectivity index (χ1) is 12.1. The molecule has 6 nitrogen and oxygen atoms in total. The number of aryl methyl sites for hydroxylation is 1. The SMILES string of the molecule is COc1ccc(C(=O)NN=Cc2cc3cccc(C)c3[nH]c2=O)cc1. The van der Waals surface area contributed by atoms with Crippen molar-refractivity contribution < 1.29 is 9.53 Å². The van der Waals surface area contributed by atoms with Crippen LogP contribution >= 0.6 is 0 Å². The van der Waals surface area contributed by atoms with Crippen molar-refractivity contribution in [2.45, 2.75) is 6.92 Å². The van der Waals surface area contributed by atoms with E-state index in [0.29, 0.717) is 16.9 Å². The van der Waals surface area contributed by atoms with E-state index in [4.69, 9.17) is 4.74 Å². The monoisotopic (exact) mass is 335 g/mol. The molecule has 0 spiro atoms. The number of aromatic nitrogens is 1. The van der Waals surface area contributed by atoms with E-state index in [1.807, 2.05) is 25.1 Å². The van der Waals surface area contributed by atoms with Gasteiger partial charge in [-0.15, -0.1) is 0 Å². The van der Waals surface area contributed by atoms with Crippen LogP contribution in [0.15, 0.2) is 58.4 Å². The van der Waals surface area contributed by atoms with Gasteiger partial charge < -0.3 is 9.72 Å². The third-order valence-corrected chi connectivity index (χ3v) is 3.84. The van der Waals surface area contributed by atoms with Crippen molar-refractivity contribution in [2.75, 3.05) is 7.11 Å². The smallest absolute Gasteiger partial charge is 0.271 e. The van der Waals surface area contributed by atoms with Crippen LogP contribution in [-0.2, 0) is 0 Å². The summed E-state index contributed by atoms with van der Waals surface area (Å²) in [6.07, 6.45) is 1.34. The van der Waals surface area contributed by atoms with Gasteiger partial charge in [-0.05, 0) is 48.2 Å². The molecule has 1 heterocycles. The molecule has 0 aliphatic rings. The van der Waals surface area contributed by atoms with Crippen molar-refractivity contribution in [2.24, 2.45) is 5.10 Å². The van der Waals surface area contributed by atoms with Crippen LogP contribution < -0.4 is 15.7 Å². The van der Waals surface area contributed by atoms with Gasteiger partial charge in [0.05, 0.1) is 24.4 Å². The molecule has 0 unspecified atom stereocenters. The lowest BCUT2D eigenvalue weighted by atomic mass is 10.1. The van der Waals surface area contributed by atoms with E-state index in [9.17, 15) is 9.59 Å². The van der Waals surface area contributed by atoms with Crippen LogP contribution in [0, 0.1) is 6.92 Å². The molecule has 2 aromatic carbocycles. The highest BCUT2D eigenvalue weighted by Crippen LogP contribution is 2.14. The van der Waals surface area contributed by atoms with Gasteiger partial charge in [-0.1, -0.05) is 18.2 Å². The number of aromatic amines is 1. The Balaban J connectivity index is 1.77. The summed E-state index contributed by atoms with van der Waals surface area (Å²) in [6.45, 7) is 1.93. The molecule has 0 saturated carbocycles. The van der Waals surface area contributed by atoms with Crippen molar-refractivity contribution in [1.29, 1.82) is 0 Å². The number of carbonyl (C=O) groups is 1. The van der Waals surface area contributed by atoms with Gasteiger partial charge in [-0.3, -0.25) is 9.59 Å². The highest BCUT2D eigenvalue weighted by Gasteiger charge is 2.05. The van der Waals surface area contributed by atoms with Crippen molar-refractivity contribution in [1.82, 2.24) is 10.4 Å². The maximum Gasteiger partial charge on any atom is 0.271 e. The number of benzene rings is 2. The van der Waals surface area contributed by atoms with E-state index in [2.05, 4.69) is 15.5 Å². The Morgan fingerprint density at radius 3 is 2.68 bits per heavy atom. The van der Waals surface area contributed by atoms with Gasteiger partial charge >= 0.3 is 0 Å². The Hall–Kier alpha value is -3.41. The molecule has 2 N–H and O–H groups in total. The molecular formula is C19H17N3O3. The molecule has 6 heteroatoms. The number of para-hydroxylation sites is 1. The molecule has 1 aromatic heterocycles. The molecule has 0 bridgehead atoms. The van der Waals surface area contributed by atoms with Gasteiger partial charge in [0.1, 0.15) is 5.75 Å². The number of nitrogens with zero attached hydrogens (tertiary/aromatic N) is 1. The Morgan fingerprint density at radius 1 is 1.20 bits per heavy atom. The first-order valence-corrected chi connectivity index (χ1v) is 7.68. The molecule has 0 fully saturated rings. The van der Waals surface area contributed by atoms with E-state index in [-0.39, 0.29) is 11.5 Å². The third kappa shape index (κ3) is 3.58. The van der Waals surface area contributed by atoms with E-state index in [1.165, 1.54) is 6.21 Å². The van der Waals surface area contributed by atoms with Crippen LogP contribution in [0.3, 0.4) is 0 Å². The van der Waals surface area contributed by atoms with Crippen molar-refractivity contribution in [3.8, 4) is 5.75 Å². The predicted molar refractivity (Wildman–Crippen MR) is 97.4 cm³/mol.